The minimum absolute atomic E-state index is 0.307. The summed E-state index contributed by atoms with van der Waals surface area (Å²) >= 11 is 4.10. The second kappa shape index (κ2) is 18.9. The van der Waals surface area contributed by atoms with E-state index < -0.39 is 0 Å². The predicted molar refractivity (Wildman–Crippen MR) is 166 cm³/mol. The molecule has 3 rings (SSSR count). The molecule has 0 amide bonds. The van der Waals surface area contributed by atoms with Crippen LogP contribution in [0.15, 0.2) is 89.6 Å². The molecule has 0 radical (unpaired) electrons. The van der Waals surface area contributed by atoms with Gasteiger partial charge in [-0.3, -0.25) is 4.99 Å². The van der Waals surface area contributed by atoms with Crippen molar-refractivity contribution in [3.63, 3.8) is 0 Å². The van der Waals surface area contributed by atoms with Gasteiger partial charge in [-0.15, -0.1) is 0 Å². The molecular formula is C32H45N3O2S. The maximum atomic E-state index is 11.0. The summed E-state index contributed by atoms with van der Waals surface area (Å²) < 4.78 is 4.57. The van der Waals surface area contributed by atoms with Crippen molar-refractivity contribution in [2.45, 2.75) is 58.6 Å². The number of thiol groups is 1. The average molecular weight is 536 g/mol. The molecule has 6 heteroatoms. The number of carbonyl (C=O) groups is 1. The highest BCUT2D eigenvalue weighted by molar-refractivity contribution is 7.79. The van der Waals surface area contributed by atoms with E-state index in [2.05, 4.69) is 61.1 Å². The molecule has 0 unspecified atom stereocenters. The molecule has 1 aliphatic carbocycles. The number of hydrogen-bond donors (Lipinski definition) is 3. The molecule has 0 aromatic heterocycles. The quantitative estimate of drug-likeness (QED) is 0.102. The van der Waals surface area contributed by atoms with Gasteiger partial charge >= 0.3 is 5.97 Å². The van der Waals surface area contributed by atoms with Gasteiger partial charge in [0.1, 0.15) is 5.84 Å². The fourth-order valence-corrected chi connectivity index (χ4v) is 3.61. The minimum Gasteiger partial charge on any atom is -0.465 e. The molecule has 0 heterocycles. The van der Waals surface area contributed by atoms with E-state index in [0.29, 0.717) is 22.8 Å². The summed E-state index contributed by atoms with van der Waals surface area (Å²) in [4.78, 5) is 15.3. The number of methoxy groups -OCH3 is 1. The van der Waals surface area contributed by atoms with E-state index in [-0.39, 0.29) is 5.97 Å². The number of ether oxygens (including phenoxy) is 1. The number of nitrogens with one attached hydrogen (secondary N) is 1. The van der Waals surface area contributed by atoms with E-state index in [1.54, 1.807) is 19.2 Å². The van der Waals surface area contributed by atoms with Gasteiger partial charge in [0, 0.05) is 30.3 Å². The van der Waals surface area contributed by atoms with Gasteiger partial charge in [-0.05, 0) is 55.0 Å². The van der Waals surface area contributed by atoms with Gasteiger partial charge in [0.2, 0.25) is 0 Å². The molecule has 1 saturated carbocycles. The summed E-state index contributed by atoms with van der Waals surface area (Å²) in [5.41, 5.74) is 11.6. The number of nitrogens with zero attached hydrogens (tertiary/aromatic N) is 1. The average Bonchev–Trinajstić information content (AvgIpc) is 3.80. The van der Waals surface area contributed by atoms with Crippen molar-refractivity contribution in [1.29, 1.82) is 0 Å². The van der Waals surface area contributed by atoms with Crippen LogP contribution in [0.25, 0.3) is 5.70 Å². The van der Waals surface area contributed by atoms with E-state index in [1.165, 1.54) is 44.8 Å². The third-order valence-electron chi connectivity index (χ3n) is 5.79. The zero-order valence-corrected chi connectivity index (χ0v) is 24.6. The van der Waals surface area contributed by atoms with E-state index in [1.807, 2.05) is 48.5 Å². The summed E-state index contributed by atoms with van der Waals surface area (Å²) in [6.07, 6.45) is 10.6. The number of esters is 1. The maximum absolute atomic E-state index is 11.0. The van der Waals surface area contributed by atoms with Crippen molar-refractivity contribution < 1.29 is 9.53 Å². The zero-order valence-electron chi connectivity index (χ0n) is 23.7. The maximum Gasteiger partial charge on any atom is 0.337 e. The lowest BCUT2D eigenvalue weighted by Crippen LogP contribution is -2.20. The first-order valence-electron chi connectivity index (χ1n) is 13.2. The molecule has 2 aromatic carbocycles. The Kier molecular flexibility index (Phi) is 16.3. The number of carbonyl (C=O) groups excluding carboxylic acids is 1. The van der Waals surface area contributed by atoms with Crippen molar-refractivity contribution in [1.82, 2.24) is 5.32 Å². The summed E-state index contributed by atoms with van der Waals surface area (Å²) in [7, 11) is 3.11. The summed E-state index contributed by atoms with van der Waals surface area (Å²) in [6.45, 7) is 10.6. The molecular weight excluding hydrogens is 490 g/mol. The van der Waals surface area contributed by atoms with Crippen LogP contribution in [0.2, 0.25) is 0 Å². The van der Waals surface area contributed by atoms with Crippen molar-refractivity contribution in [3.05, 3.63) is 101 Å². The number of rotatable bonds is 9. The van der Waals surface area contributed by atoms with Crippen LogP contribution in [0.4, 0.5) is 0 Å². The lowest BCUT2D eigenvalue weighted by atomic mass is 10.1. The third kappa shape index (κ3) is 13.3. The van der Waals surface area contributed by atoms with Crippen LogP contribution in [0.3, 0.4) is 0 Å². The lowest BCUT2D eigenvalue weighted by Gasteiger charge is -2.08. The Morgan fingerprint density at radius 2 is 1.74 bits per heavy atom. The summed E-state index contributed by atoms with van der Waals surface area (Å²) in [5.74, 6) is 1.78. The molecule has 1 aliphatic rings. The molecule has 206 valence electrons. The fourth-order valence-electron chi connectivity index (χ4n) is 3.42. The second-order valence-electron chi connectivity index (χ2n) is 9.09. The van der Waals surface area contributed by atoms with Crippen molar-refractivity contribution in [2.24, 2.45) is 16.6 Å². The Bertz CT molecular complexity index is 1080. The van der Waals surface area contributed by atoms with Crippen LogP contribution in [-0.4, -0.2) is 26.0 Å². The van der Waals surface area contributed by atoms with Gasteiger partial charge in [-0.2, -0.15) is 12.6 Å². The Hall–Kier alpha value is -3.25. The van der Waals surface area contributed by atoms with Crippen LogP contribution in [0, 0.1) is 5.92 Å². The standard InChI is InChI=1S/C18H23N3.C9H10O2S.C5H12/c1-13(15-9-10-15)11-14(2)21-18(20-3)12-17(19)16-7-5-4-6-8-16;1-11-9(10)8-4-2-3-7(5-8)6-12;1-3-5-4-2/h4-8,11-12,15H,2,9-10,19H2,1,3H3,(H,20,21);2-5,12H,6H2,1H3;3-5H2,1-2H3/b13-11+,17-12-;;. The highest BCUT2D eigenvalue weighted by Crippen LogP contribution is 2.36. The summed E-state index contributed by atoms with van der Waals surface area (Å²) in [6, 6.07) is 17.1. The Morgan fingerprint density at radius 1 is 1.11 bits per heavy atom. The first-order chi connectivity index (χ1) is 18.3. The highest BCUT2D eigenvalue weighted by atomic mass is 32.1. The number of unbranched alkanes of at least 4 members (excludes halogenated alkanes) is 2. The zero-order chi connectivity index (χ0) is 28.3. The number of benzene rings is 2. The van der Waals surface area contributed by atoms with Crippen LogP contribution in [0.1, 0.15) is 74.4 Å². The predicted octanol–water partition coefficient (Wildman–Crippen LogP) is 7.57. The third-order valence-corrected chi connectivity index (χ3v) is 6.15. The minimum atomic E-state index is -0.307. The Labute approximate surface area is 235 Å². The normalized spacial score (nSPS) is 13.4. The molecule has 5 nitrogen and oxygen atoms in total. The van der Waals surface area contributed by atoms with Crippen molar-refractivity contribution in [2.75, 3.05) is 14.2 Å². The smallest absolute Gasteiger partial charge is 0.337 e. The molecule has 0 saturated heterocycles. The highest BCUT2D eigenvalue weighted by Gasteiger charge is 2.22. The van der Waals surface area contributed by atoms with E-state index >= 15 is 0 Å². The number of amidine groups is 1. The molecule has 3 N–H and O–H groups in total. The Balaban J connectivity index is 0.000000357. The van der Waals surface area contributed by atoms with E-state index in [9.17, 15) is 4.79 Å². The van der Waals surface area contributed by atoms with Crippen molar-refractivity contribution in [3.8, 4) is 0 Å². The molecule has 0 atom stereocenters. The molecule has 0 bridgehead atoms. The molecule has 2 aromatic rings. The second-order valence-corrected chi connectivity index (χ2v) is 9.41. The number of hydrogen-bond acceptors (Lipinski definition) is 5. The number of nitrogens with two attached hydrogens (primary N) is 1. The van der Waals surface area contributed by atoms with E-state index in [0.717, 1.165) is 22.7 Å². The van der Waals surface area contributed by atoms with E-state index in [4.69, 9.17) is 5.73 Å². The van der Waals surface area contributed by atoms with Gasteiger partial charge < -0.3 is 15.8 Å². The summed E-state index contributed by atoms with van der Waals surface area (Å²) in [5, 5.41) is 3.20. The number of allylic oxidation sites excluding steroid dienone is 2. The fraction of sp³-hybridized carbons (Fsp3) is 0.375. The molecule has 0 aliphatic heterocycles. The van der Waals surface area contributed by atoms with Crippen LogP contribution in [-0.2, 0) is 10.5 Å². The SMILES string of the molecule is C=C(/C=C(\C)C1CC1)NC(/C=C(\N)c1ccccc1)=NC.CCCCC.COC(=O)c1cccc(CS)c1. The van der Waals surface area contributed by atoms with Gasteiger partial charge in [0.05, 0.1) is 12.7 Å². The van der Waals surface area contributed by atoms with Crippen LogP contribution >= 0.6 is 12.6 Å². The van der Waals surface area contributed by atoms with Crippen LogP contribution < -0.4 is 11.1 Å². The van der Waals surface area contributed by atoms with Crippen LogP contribution in [0.5, 0.6) is 0 Å². The van der Waals surface area contributed by atoms with Gasteiger partial charge in [-0.25, -0.2) is 4.79 Å². The first kappa shape index (κ1) is 32.8. The van der Waals surface area contributed by atoms with Gasteiger partial charge in [0.15, 0.2) is 0 Å². The molecule has 38 heavy (non-hydrogen) atoms. The Morgan fingerprint density at radius 3 is 2.24 bits per heavy atom. The van der Waals surface area contributed by atoms with Gasteiger partial charge in [0.25, 0.3) is 0 Å². The van der Waals surface area contributed by atoms with Crippen molar-refractivity contribution >= 4 is 30.1 Å². The molecule has 1 fully saturated rings. The largest absolute Gasteiger partial charge is 0.465 e. The monoisotopic (exact) mass is 535 g/mol. The molecule has 0 spiro atoms. The topological polar surface area (TPSA) is 76.7 Å². The number of aliphatic imine (C=N–C) groups is 1. The van der Waals surface area contributed by atoms with Gasteiger partial charge in [-0.1, -0.05) is 87.7 Å². The first-order valence-corrected chi connectivity index (χ1v) is 13.8. The lowest BCUT2D eigenvalue weighted by molar-refractivity contribution is 0.0600.